The van der Waals surface area contributed by atoms with Crippen LogP contribution in [0.3, 0.4) is 0 Å². The third-order valence-corrected chi connectivity index (χ3v) is 3.53. The Bertz CT molecular complexity index is 468. The molecule has 4 heteroatoms. The van der Waals surface area contributed by atoms with Crippen LogP contribution in [0.25, 0.3) is 0 Å². The second-order valence-corrected chi connectivity index (χ2v) is 4.86. The molecule has 116 valence electrons. The minimum Gasteiger partial charge on any atom is -0.493 e. The van der Waals surface area contributed by atoms with Crippen LogP contribution in [-0.2, 0) is 0 Å². The van der Waals surface area contributed by atoms with Crippen molar-refractivity contribution in [2.45, 2.75) is 38.8 Å². The van der Waals surface area contributed by atoms with Gasteiger partial charge in [-0.05, 0) is 31.0 Å². The van der Waals surface area contributed by atoms with Crippen LogP contribution in [0, 0.1) is 12.3 Å². The molecule has 1 aromatic rings. The summed E-state index contributed by atoms with van der Waals surface area (Å²) in [6, 6.07) is 4.35. The summed E-state index contributed by atoms with van der Waals surface area (Å²) in [5.74, 6) is 4.63. The smallest absolute Gasteiger partial charge is 0.203 e. The molecular formula is C17H25NO3. The zero-order valence-electron chi connectivity index (χ0n) is 13.5. The van der Waals surface area contributed by atoms with Crippen molar-refractivity contribution in [1.82, 2.24) is 5.32 Å². The standard InChI is InChI=1S/C17H25NO3/c1-7-9-14(8-2)18-12(3)13-10-15(19-4)17(21-6)16(11-13)20-5/h1,10-12,14,18H,8-9H2,2-6H3. The maximum Gasteiger partial charge on any atom is 0.203 e. The van der Waals surface area contributed by atoms with Gasteiger partial charge in [-0.25, -0.2) is 0 Å². The Hall–Kier alpha value is -1.86. The molecule has 0 saturated heterocycles. The van der Waals surface area contributed by atoms with Crippen LogP contribution in [-0.4, -0.2) is 27.4 Å². The maximum atomic E-state index is 5.40. The number of rotatable bonds is 8. The van der Waals surface area contributed by atoms with Gasteiger partial charge in [-0.2, -0.15) is 0 Å². The summed E-state index contributed by atoms with van der Waals surface area (Å²) in [4.78, 5) is 0. The first-order valence-electron chi connectivity index (χ1n) is 7.10. The van der Waals surface area contributed by atoms with E-state index in [4.69, 9.17) is 20.6 Å². The first kappa shape index (κ1) is 17.2. The van der Waals surface area contributed by atoms with E-state index in [-0.39, 0.29) is 6.04 Å². The Morgan fingerprint density at radius 2 is 1.71 bits per heavy atom. The molecule has 1 aromatic carbocycles. The lowest BCUT2D eigenvalue weighted by Crippen LogP contribution is -2.30. The van der Waals surface area contributed by atoms with Gasteiger partial charge in [-0.15, -0.1) is 12.3 Å². The van der Waals surface area contributed by atoms with E-state index < -0.39 is 0 Å². The van der Waals surface area contributed by atoms with Crippen LogP contribution in [0.2, 0.25) is 0 Å². The number of ether oxygens (including phenoxy) is 3. The normalized spacial score (nSPS) is 13.1. The Morgan fingerprint density at radius 3 is 2.10 bits per heavy atom. The van der Waals surface area contributed by atoms with Crippen molar-refractivity contribution in [3.63, 3.8) is 0 Å². The van der Waals surface area contributed by atoms with Gasteiger partial charge < -0.3 is 19.5 Å². The van der Waals surface area contributed by atoms with Crippen molar-refractivity contribution in [1.29, 1.82) is 0 Å². The number of nitrogens with one attached hydrogen (secondary N) is 1. The van der Waals surface area contributed by atoms with Crippen LogP contribution in [0.4, 0.5) is 0 Å². The lowest BCUT2D eigenvalue weighted by atomic mass is 10.0. The fourth-order valence-corrected chi connectivity index (χ4v) is 2.26. The number of terminal acetylenes is 1. The third-order valence-electron chi connectivity index (χ3n) is 3.53. The molecule has 0 saturated carbocycles. The first-order valence-corrected chi connectivity index (χ1v) is 7.10. The van der Waals surface area contributed by atoms with Crippen LogP contribution in [0.5, 0.6) is 17.2 Å². The summed E-state index contributed by atoms with van der Waals surface area (Å²) in [6.45, 7) is 4.22. The zero-order valence-corrected chi connectivity index (χ0v) is 13.5. The highest BCUT2D eigenvalue weighted by Crippen LogP contribution is 2.39. The lowest BCUT2D eigenvalue weighted by Gasteiger charge is -2.22. The molecule has 21 heavy (non-hydrogen) atoms. The van der Waals surface area contributed by atoms with E-state index in [0.717, 1.165) is 12.0 Å². The quantitative estimate of drug-likeness (QED) is 0.747. The molecule has 2 atom stereocenters. The summed E-state index contributed by atoms with van der Waals surface area (Å²) in [7, 11) is 4.83. The van der Waals surface area contributed by atoms with Gasteiger partial charge in [-0.3, -0.25) is 0 Å². The highest BCUT2D eigenvalue weighted by atomic mass is 16.5. The van der Waals surface area contributed by atoms with Crippen LogP contribution >= 0.6 is 0 Å². The van der Waals surface area contributed by atoms with Crippen LogP contribution in [0.1, 0.15) is 38.3 Å². The van der Waals surface area contributed by atoms with Crippen molar-refractivity contribution in [3.05, 3.63) is 17.7 Å². The number of hydrogen-bond acceptors (Lipinski definition) is 4. The summed E-state index contributed by atoms with van der Waals surface area (Å²) < 4.78 is 16.1. The van der Waals surface area contributed by atoms with E-state index in [1.54, 1.807) is 21.3 Å². The second-order valence-electron chi connectivity index (χ2n) is 4.86. The van der Waals surface area contributed by atoms with Gasteiger partial charge in [0.1, 0.15) is 0 Å². The highest BCUT2D eigenvalue weighted by Gasteiger charge is 2.17. The van der Waals surface area contributed by atoms with Crippen LogP contribution < -0.4 is 19.5 Å². The van der Waals surface area contributed by atoms with Gasteiger partial charge in [0.15, 0.2) is 11.5 Å². The highest BCUT2D eigenvalue weighted by molar-refractivity contribution is 5.54. The van der Waals surface area contributed by atoms with E-state index in [9.17, 15) is 0 Å². The van der Waals surface area contributed by atoms with E-state index in [1.165, 1.54) is 0 Å². The van der Waals surface area contributed by atoms with Crippen molar-refractivity contribution in [2.24, 2.45) is 0 Å². The molecule has 0 amide bonds. The predicted octanol–water partition coefficient (Wildman–Crippen LogP) is 3.16. The van der Waals surface area contributed by atoms with Crippen molar-refractivity contribution in [3.8, 4) is 29.6 Å². The van der Waals surface area contributed by atoms with Crippen molar-refractivity contribution < 1.29 is 14.2 Å². The van der Waals surface area contributed by atoms with Crippen molar-refractivity contribution >= 4 is 0 Å². The Labute approximate surface area is 127 Å². The van der Waals surface area contributed by atoms with Gasteiger partial charge in [0.25, 0.3) is 0 Å². The van der Waals surface area contributed by atoms with Gasteiger partial charge in [0.05, 0.1) is 21.3 Å². The van der Waals surface area contributed by atoms with Gasteiger partial charge >= 0.3 is 0 Å². The minimum atomic E-state index is 0.136. The Morgan fingerprint density at radius 1 is 1.14 bits per heavy atom. The predicted molar refractivity (Wildman–Crippen MR) is 85.2 cm³/mol. The van der Waals surface area contributed by atoms with Gasteiger partial charge in [0.2, 0.25) is 5.75 Å². The van der Waals surface area contributed by atoms with Gasteiger partial charge in [0, 0.05) is 18.5 Å². The average molecular weight is 291 g/mol. The summed E-state index contributed by atoms with van der Waals surface area (Å²) >= 11 is 0. The summed E-state index contributed by atoms with van der Waals surface area (Å²) in [5, 5.41) is 3.53. The molecule has 2 unspecified atom stereocenters. The summed E-state index contributed by atoms with van der Waals surface area (Å²) in [5.41, 5.74) is 1.07. The van der Waals surface area contributed by atoms with Crippen molar-refractivity contribution in [2.75, 3.05) is 21.3 Å². The third kappa shape index (κ3) is 4.30. The fraction of sp³-hybridized carbons (Fsp3) is 0.529. The monoisotopic (exact) mass is 291 g/mol. The second kappa shape index (κ2) is 8.43. The van der Waals surface area contributed by atoms with E-state index in [2.05, 4.69) is 25.1 Å². The molecule has 1 N–H and O–H groups in total. The topological polar surface area (TPSA) is 39.7 Å². The maximum absolute atomic E-state index is 5.40. The van der Waals surface area contributed by atoms with E-state index >= 15 is 0 Å². The molecule has 1 rings (SSSR count). The number of methoxy groups -OCH3 is 3. The molecule has 0 aromatic heterocycles. The fourth-order valence-electron chi connectivity index (χ4n) is 2.26. The zero-order chi connectivity index (χ0) is 15.8. The molecule has 4 nitrogen and oxygen atoms in total. The van der Waals surface area contributed by atoms with E-state index in [0.29, 0.717) is 29.7 Å². The Balaban J connectivity index is 3.04. The molecule has 0 aliphatic rings. The average Bonchev–Trinajstić information content (AvgIpc) is 2.52. The lowest BCUT2D eigenvalue weighted by molar-refractivity contribution is 0.322. The molecular weight excluding hydrogens is 266 g/mol. The minimum absolute atomic E-state index is 0.136. The molecule has 0 radical (unpaired) electrons. The molecule has 0 aliphatic heterocycles. The van der Waals surface area contributed by atoms with E-state index in [1.807, 2.05) is 12.1 Å². The SMILES string of the molecule is C#CCC(CC)NC(C)c1cc(OC)c(OC)c(OC)c1. The summed E-state index contributed by atoms with van der Waals surface area (Å²) in [6.07, 6.45) is 7.10. The molecule has 0 heterocycles. The van der Waals surface area contributed by atoms with Crippen LogP contribution in [0.15, 0.2) is 12.1 Å². The number of hydrogen-bond donors (Lipinski definition) is 1. The Kier molecular flexibility index (Phi) is 6.90. The first-order chi connectivity index (χ1) is 10.1. The largest absolute Gasteiger partial charge is 0.493 e. The molecule has 0 spiro atoms. The molecule has 0 aliphatic carbocycles. The molecule has 0 fully saturated rings. The molecule has 0 bridgehead atoms. The number of benzene rings is 1. The van der Waals surface area contributed by atoms with Gasteiger partial charge in [-0.1, -0.05) is 6.92 Å².